The highest BCUT2D eigenvalue weighted by molar-refractivity contribution is 5.88. The maximum atomic E-state index is 13.5. The molecule has 3 aliphatic rings. The molecule has 15 atom stereocenters. The second-order valence-electron chi connectivity index (χ2n) is 13.3. The van der Waals surface area contributed by atoms with Gasteiger partial charge < -0.3 is 104 Å². The van der Waals surface area contributed by atoms with Crippen molar-refractivity contribution in [1.82, 2.24) is 0 Å². The van der Waals surface area contributed by atoms with Crippen molar-refractivity contribution < 1.29 is 104 Å². The summed E-state index contributed by atoms with van der Waals surface area (Å²) in [5.41, 5.74) is -1.15. The number of rotatable bonds is 11. The molecule has 0 saturated carbocycles. The third kappa shape index (κ3) is 7.83. The Morgan fingerprint density at radius 1 is 0.625 bits per heavy atom. The lowest BCUT2D eigenvalue weighted by molar-refractivity contribution is -0.323. The van der Waals surface area contributed by atoms with Crippen LogP contribution in [0.15, 0.2) is 39.5 Å². The number of phenolic OH excluding ortho intramolecular Hbond substituents is 2. The van der Waals surface area contributed by atoms with E-state index in [1.54, 1.807) is 0 Å². The number of methoxy groups -OCH3 is 1. The minimum absolute atomic E-state index is 0.0238. The number of aliphatic hydroxyl groups excluding tert-OH is 11. The fourth-order valence-electron chi connectivity index (χ4n) is 6.43. The molecular weight excluding hydrogens is 760 g/mol. The number of aromatic hydroxyl groups is 2. The Balaban J connectivity index is 1.23. The first-order chi connectivity index (χ1) is 26.6. The Morgan fingerprint density at radius 3 is 1.73 bits per heavy atom. The summed E-state index contributed by atoms with van der Waals surface area (Å²) in [6, 6.07) is 5.64. The van der Waals surface area contributed by atoms with Crippen molar-refractivity contribution in [3.8, 4) is 40.1 Å². The highest BCUT2D eigenvalue weighted by atomic mass is 16.7. The monoisotopic (exact) mass is 802 g/mol. The number of aliphatic hydroxyl groups is 11. The zero-order valence-corrected chi connectivity index (χ0v) is 29.2. The minimum Gasteiger partial charge on any atom is -0.507 e. The lowest BCUT2D eigenvalue weighted by atomic mass is 9.98. The van der Waals surface area contributed by atoms with Gasteiger partial charge in [-0.2, -0.15) is 0 Å². The van der Waals surface area contributed by atoms with Crippen LogP contribution in [0.3, 0.4) is 0 Å². The largest absolute Gasteiger partial charge is 0.507 e. The maximum Gasteiger partial charge on any atom is 0.239 e. The molecule has 22 nitrogen and oxygen atoms in total. The summed E-state index contributed by atoms with van der Waals surface area (Å²) in [5.74, 6) is -2.53. The van der Waals surface area contributed by atoms with Crippen LogP contribution in [0, 0.1) is 0 Å². The van der Waals surface area contributed by atoms with E-state index in [-0.39, 0.29) is 33.8 Å². The third-order valence-corrected chi connectivity index (χ3v) is 9.62. The fraction of sp³-hybridized carbons (Fsp3) is 0.559. The summed E-state index contributed by atoms with van der Waals surface area (Å²) in [4.78, 5) is 13.5. The summed E-state index contributed by atoms with van der Waals surface area (Å²) in [7, 11) is 1.14. The van der Waals surface area contributed by atoms with Gasteiger partial charge in [-0.25, -0.2) is 0 Å². The number of hydrogen-bond donors (Lipinski definition) is 13. The van der Waals surface area contributed by atoms with E-state index in [9.17, 15) is 71.2 Å². The Morgan fingerprint density at radius 2 is 1.16 bits per heavy atom. The summed E-state index contributed by atoms with van der Waals surface area (Å²) >= 11 is 0. The molecule has 13 N–H and O–H groups in total. The third-order valence-electron chi connectivity index (χ3n) is 9.62. The molecule has 0 amide bonds. The van der Waals surface area contributed by atoms with Crippen molar-refractivity contribution >= 4 is 11.0 Å². The molecule has 0 bridgehead atoms. The average Bonchev–Trinajstić information content (AvgIpc) is 3.17. The summed E-state index contributed by atoms with van der Waals surface area (Å²) in [6.45, 7) is -2.10. The molecule has 0 radical (unpaired) electrons. The molecular formula is C34H42O22. The van der Waals surface area contributed by atoms with Crippen LogP contribution in [0.1, 0.15) is 0 Å². The summed E-state index contributed by atoms with van der Waals surface area (Å²) < 4.78 is 44.0. The smallest absolute Gasteiger partial charge is 0.239 e. The molecule has 1 aromatic heterocycles. The van der Waals surface area contributed by atoms with Crippen LogP contribution in [0.25, 0.3) is 22.3 Å². The molecule has 3 aliphatic heterocycles. The molecule has 0 aliphatic carbocycles. The SMILES string of the molecule is COc1c(-c2ccc(O[C@H]3O[C@H](CO)[C@@H](O)[C@@H](O)[C@H]3O)c(O)c2)oc2cc(O[C@@H]3O[C@H](CO[C@@H]4O[C@H](CO)[C@@H](O)[C@@H](O)[C@H]4O)[C@@H](O)[C@@H](O)[C@H]3O)cc(O)c2c1=O. The molecule has 4 heterocycles. The van der Waals surface area contributed by atoms with Gasteiger partial charge in [-0.15, -0.1) is 0 Å². The van der Waals surface area contributed by atoms with E-state index in [4.69, 9.17) is 37.6 Å². The molecule has 0 spiro atoms. The van der Waals surface area contributed by atoms with Gasteiger partial charge >= 0.3 is 0 Å². The van der Waals surface area contributed by atoms with Crippen molar-refractivity contribution in [2.24, 2.45) is 0 Å². The van der Waals surface area contributed by atoms with E-state index in [2.05, 4.69) is 0 Å². The highest BCUT2D eigenvalue weighted by Gasteiger charge is 2.48. The molecule has 56 heavy (non-hydrogen) atoms. The topological polar surface area (TPSA) is 358 Å². The minimum atomic E-state index is -1.91. The Bertz CT molecular complexity index is 1880. The van der Waals surface area contributed by atoms with Gasteiger partial charge in [-0.1, -0.05) is 0 Å². The molecule has 2 aromatic carbocycles. The first-order valence-electron chi connectivity index (χ1n) is 17.1. The van der Waals surface area contributed by atoms with E-state index in [1.165, 1.54) is 12.1 Å². The van der Waals surface area contributed by atoms with Crippen molar-refractivity contribution in [2.75, 3.05) is 26.9 Å². The van der Waals surface area contributed by atoms with Crippen LogP contribution in [0.5, 0.6) is 28.7 Å². The molecule has 3 fully saturated rings. The normalized spacial score (nSPS) is 36.3. The Kier molecular flexibility index (Phi) is 12.6. The number of ether oxygens (including phenoxy) is 7. The van der Waals surface area contributed by atoms with Crippen molar-refractivity contribution in [3.63, 3.8) is 0 Å². The zero-order chi connectivity index (χ0) is 40.7. The van der Waals surface area contributed by atoms with Gasteiger partial charge in [-0.05, 0) is 18.2 Å². The molecule has 310 valence electrons. The predicted octanol–water partition coefficient (Wildman–Crippen LogP) is -4.94. The Hall–Kier alpha value is -3.95. The molecule has 0 unspecified atom stereocenters. The van der Waals surface area contributed by atoms with Crippen LogP contribution in [-0.2, 0) is 18.9 Å². The molecule has 3 saturated heterocycles. The van der Waals surface area contributed by atoms with Gasteiger partial charge in [0.15, 0.2) is 23.5 Å². The molecule has 3 aromatic rings. The van der Waals surface area contributed by atoms with Crippen molar-refractivity contribution in [2.45, 2.75) is 92.1 Å². The Labute approximate surface area is 314 Å². The van der Waals surface area contributed by atoms with Crippen LogP contribution in [-0.4, -0.2) is 185 Å². The number of benzene rings is 2. The fourth-order valence-corrected chi connectivity index (χ4v) is 6.43. The first-order valence-corrected chi connectivity index (χ1v) is 17.1. The van der Waals surface area contributed by atoms with E-state index in [1.807, 2.05) is 0 Å². The van der Waals surface area contributed by atoms with Crippen LogP contribution >= 0.6 is 0 Å². The second kappa shape index (κ2) is 16.9. The summed E-state index contributed by atoms with van der Waals surface area (Å²) in [6.07, 6.45) is -25.1. The zero-order valence-electron chi connectivity index (χ0n) is 29.2. The van der Waals surface area contributed by atoms with Gasteiger partial charge in [0.25, 0.3) is 0 Å². The number of phenols is 2. The van der Waals surface area contributed by atoms with Gasteiger partial charge in [-0.3, -0.25) is 4.79 Å². The number of fused-ring (bicyclic) bond motifs is 1. The standard InChI is InChI=1S/C34H42O22/c1-49-31-23(42)19-13(38)5-11(51-33-28(47)26(45)22(41)18(56-33)9-50-32-27(46)24(43)20(39)16(7-35)54-32)6-15(19)52-30(31)10-2-3-14(12(37)4-10)53-34-29(48)25(44)21(40)17(8-36)55-34/h2-6,16-18,20-22,24-29,32-41,43-48H,7-9H2,1H3/t16-,17-,18-,20-,21-,22-,24-,25-,26-,27-,28-,29-,32-,33-,34+/m1/s1. The van der Waals surface area contributed by atoms with Gasteiger partial charge in [0.1, 0.15) is 95.7 Å². The lowest BCUT2D eigenvalue weighted by Crippen LogP contribution is -2.62. The first kappa shape index (κ1) is 41.7. The lowest BCUT2D eigenvalue weighted by Gasteiger charge is -2.42. The second-order valence-corrected chi connectivity index (χ2v) is 13.3. The maximum absolute atomic E-state index is 13.5. The van der Waals surface area contributed by atoms with Crippen LogP contribution < -0.4 is 19.6 Å². The quantitative estimate of drug-likeness (QED) is 0.0863. The molecule has 22 heteroatoms. The van der Waals surface area contributed by atoms with Crippen LogP contribution in [0.2, 0.25) is 0 Å². The van der Waals surface area contributed by atoms with E-state index in [0.29, 0.717) is 0 Å². The highest BCUT2D eigenvalue weighted by Crippen LogP contribution is 2.40. The van der Waals surface area contributed by atoms with Crippen molar-refractivity contribution in [3.05, 3.63) is 40.6 Å². The van der Waals surface area contributed by atoms with Gasteiger partial charge in [0.05, 0.1) is 26.9 Å². The number of hydrogen-bond acceptors (Lipinski definition) is 22. The van der Waals surface area contributed by atoms with E-state index in [0.717, 1.165) is 25.3 Å². The average molecular weight is 803 g/mol. The van der Waals surface area contributed by atoms with Crippen molar-refractivity contribution in [1.29, 1.82) is 0 Å². The van der Waals surface area contributed by atoms with Crippen LogP contribution in [0.4, 0.5) is 0 Å². The predicted molar refractivity (Wildman–Crippen MR) is 179 cm³/mol. The van der Waals surface area contributed by atoms with Gasteiger partial charge in [0.2, 0.25) is 23.8 Å². The van der Waals surface area contributed by atoms with E-state index < -0.39 is 135 Å². The molecule has 6 rings (SSSR count). The van der Waals surface area contributed by atoms with E-state index >= 15 is 0 Å². The summed E-state index contributed by atoms with van der Waals surface area (Å²) in [5, 5.41) is 133. The van der Waals surface area contributed by atoms with Gasteiger partial charge in [0, 0.05) is 17.7 Å².